The highest BCUT2D eigenvalue weighted by atomic mass is 32.2. The van der Waals surface area contributed by atoms with Gasteiger partial charge in [0, 0.05) is 31.9 Å². The van der Waals surface area contributed by atoms with Crippen LogP contribution >= 0.6 is 11.3 Å². The zero-order valence-corrected chi connectivity index (χ0v) is 11.9. The van der Waals surface area contributed by atoms with E-state index in [0.29, 0.717) is 5.25 Å². The normalized spacial score (nSPS) is 14.9. The van der Waals surface area contributed by atoms with Crippen LogP contribution in [0.5, 0.6) is 0 Å². The molecule has 0 aliphatic carbocycles. The third kappa shape index (κ3) is 3.17. The fourth-order valence-corrected chi connectivity index (χ4v) is 4.30. The summed E-state index contributed by atoms with van der Waals surface area (Å²) in [6, 6.07) is 10.7. The summed E-state index contributed by atoms with van der Waals surface area (Å²) in [5.41, 5.74) is 0. The first-order chi connectivity index (χ1) is 8.20. The molecule has 0 spiro atoms. The summed E-state index contributed by atoms with van der Waals surface area (Å²) in [6.07, 6.45) is 4.94. The SMILES string of the molecule is CCCC(Cc1cc2ccccc2s1)S(C)=O. The first kappa shape index (κ1) is 12.8. The minimum absolute atomic E-state index is 0.313. The number of thiophene rings is 1. The van der Waals surface area contributed by atoms with Gasteiger partial charge >= 0.3 is 0 Å². The summed E-state index contributed by atoms with van der Waals surface area (Å²) in [7, 11) is -0.719. The van der Waals surface area contributed by atoms with Gasteiger partial charge in [-0.15, -0.1) is 11.3 Å². The highest BCUT2D eigenvalue weighted by Gasteiger charge is 2.14. The molecule has 0 amide bonds. The maximum Gasteiger partial charge on any atom is 0.0393 e. The van der Waals surface area contributed by atoms with E-state index in [0.717, 1.165) is 19.3 Å². The summed E-state index contributed by atoms with van der Waals surface area (Å²) in [5, 5.41) is 1.62. The maximum atomic E-state index is 11.7. The Morgan fingerprint density at radius 1 is 1.35 bits per heavy atom. The van der Waals surface area contributed by atoms with Crippen LogP contribution in [0.4, 0.5) is 0 Å². The number of hydrogen-bond donors (Lipinski definition) is 0. The molecule has 1 aromatic heterocycles. The fourth-order valence-electron chi connectivity index (χ4n) is 2.07. The first-order valence-corrected chi connectivity index (χ1v) is 8.44. The Kier molecular flexibility index (Phi) is 4.35. The molecule has 0 radical (unpaired) electrons. The van der Waals surface area contributed by atoms with E-state index in [9.17, 15) is 4.21 Å². The molecule has 2 rings (SSSR count). The highest BCUT2D eigenvalue weighted by molar-refractivity contribution is 7.84. The summed E-state index contributed by atoms with van der Waals surface area (Å²) in [6.45, 7) is 2.16. The summed E-state index contributed by atoms with van der Waals surface area (Å²) >= 11 is 1.83. The molecule has 1 aromatic carbocycles. The van der Waals surface area contributed by atoms with E-state index in [1.807, 2.05) is 17.6 Å². The molecule has 2 aromatic rings. The zero-order chi connectivity index (χ0) is 12.3. The summed E-state index contributed by atoms with van der Waals surface area (Å²) in [4.78, 5) is 1.36. The molecule has 0 saturated heterocycles. The average Bonchev–Trinajstić information content (AvgIpc) is 2.70. The van der Waals surface area contributed by atoms with Crippen LogP contribution in [0.15, 0.2) is 30.3 Å². The average molecular weight is 266 g/mol. The molecule has 92 valence electrons. The van der Waals surface area contributed by atoms with Crippen LogP contribution in [0, 0.1) is 0 Å². The number of benzene rings is 1. The van der Waals surface area contributed by atoms with Gasteiger partial charge in [-0.1, -0.05) is 31.5 Å². The second-order valence-electron chi connectivity index (χ2n) is 4.36. The third-order valence-electron chi connectivity index (χ3n) is 2.99. The van der Waals surface area contributed by atoms with E-state index in [-0.39, 0.29) is 0 Å². The Bertz CT molecular complexity index is 483. The van der Waals surface area contributed by atoms with Crippen molar-refractivity contribution < 1.29 is 4.21 Å². The minimum atomic E-state index is -0.719. The first-order valence-electron chi connectivity index (χ1n) is 6.00. The van der Waals surface area contributed by atoms with Crippen molar-refractivity contribution in [3.63, 3.8) is 0 Å². The Hall–Kier alpha value is -0.670. The molecule has 1 nitrogen and oxygen atoms in total. The van der Waals surface area contributed by atoms with Gasteiger partial charge in [-0.2, -0.15) is 0 Å². The standard InChI is InChI=1S/C14H18OS2/c1-3-6-13(17(2)15)10-12-9-11-7-4-5-8-14(11)16-12/h4-5,7-9,13H,3,6,10H2,1-2H3. The minimum Gasteiger partial charge on any atom is -0.260 e. The van der Waals surface area contributed by atoms with E-state index < -0.39 is 10.8 Å². The summed E-state index contributed by atoms with van der Waals surface area (Å²) in [5.74, 6) is 0. The molecule has 1 heterocycles. The van der Waals surface area contributed by atoms with Crippen molar-refractivity contribution in [2.24, 2.45) is 0 Å². The van der Waals surface area contributed by atoms with Gasteiger partial charge in [0.2, 0.25) is 0 Å². The Labute approximate surface area is 109 Å². The molecule has 3 heteroatoms. The Balaban J connectivity index is 2.19. The predicted octanol–water partition coefficient (Wildman–Crippen LogP) is 3.99. The molecule has 0 aliphatic heterocycles. The van der Waals surface area contributed by atoms with E-state index >= 15 is 0 Å². The van der Waals surface area contributed by atoms with Gasteiger partial charge < -0.3 is 0 Å². The van der Waals surface area contributed by atoms with Gasteiger partial charge in [0.1, 0.15) is 0 Å². The molecule has 2 unspecified atom stereocenters. The molecule has 17 heavy (non-hydrogen) atoms. The molecular weight excluding hydrogens is 248 g/mol. The number of hydrogen-bond acceptors (Lipinski definition) is 2. The molecule has 0 saturated carbocycles. The van der Waals surface area contributed by atoms with Crippen LogP contribution in [0.1, 0.15) is 24.6 Å². The monoisotopic (exact) mass is 266 g/mol. The number of fused-ring (bicyclic) bond motifs is 1. The highest BCUT2D eigenvalue weighted by Crippen LogP contribution is 2.27. The van der Waals surface area contributed by atoms with Gasteiger partial charge in [-0.05, 0) is 30.4 Å². The smallest absolute Gasteiger partial charge is 0.0393 e. The van der Waals surface area contributed by atoms with Crippen molar-refractivity contribution in [2.75, 3.05) is 6.26 Å². The van der Waals surface area contributed by atoms with Gasteiger partial charge in [0.15, 0.2) is 0 Å². The summed E-state index contributed by atoms with van der Waals surface area (Å²) < 4.78 is 13.0. The van der Waals surface area contributed by atoms with Crippen LogP contribution in [0.3, 0.4) is 0 Å². The number of rotatable bonds is 5. The van der Waals surface area contributed by atoms with Gasteiger partial charge in [-0.3, -0.25) is 4.21 Å². The fraction of sp³-hybridized carbons (Fsp3) is 0.429. The van der Waals surface area contributed by atoms with Crippen molar-refractivity contribution in [3.05, 3.63) is 35.2 Å². The van der Waals surface area contributed by atoms with Crippen LogP contribution in [-0.2, 0) is 17.2 Å². The molecule has 0 N–H and O–H groups in total. The molecule has 0 aliphatic rings. The molecule has 0 fully saturated rings. The Morgan fingerprint density at radius 2 is 2.12 bits per heavy atom. The van der Waals surface area contributed by atoms with E-state index in [2.05, 4.69) is 37.3 Å². The lowest BCUT2D eigenvalue weighted by Crippen LogP contribution is -2.16. The topological polar surface area (TPSA) is 17.1 Å². The van der Waals surface area contributed by atoms with Gasteiger partial charge in [-0.25, -0.2) is 0 Å². The second kappa shape index (κ2) is 5.78. The van der Waals surface area contributed by atoms with Gasteiger partial charge in [0.05, 0.1) is 0 Å². The quantitative estimate of drug-likeness (QED) is 0.799. The Morgan fingerprint density at radius 3 is 2.76 bits per heavy atom. The lowest BCUT2D eigenvalue weighted by molar-refractivity contribution is 0.654. The van der Waals surface area contributed by atoms with Crippen LogP contribution in [0.25, 0.3) is 10.1 Å². The van der Waals surface area contributed by atoms with E-state index in [4.69, 9.17) is 0 Å². The third-order valence-corrected chi connectivity index (χ3v) is 5.47. The van der Waals surface area contributed by atoms with Crippen LogP contribution < -0.4 is 0 Å². The second-order valence-corrected chi connectivity index (χ2v) is 7.20. The lowest BCUT2D eigenvalue weighted by atomic mass is 10.1. The van der Waals surface area contributed by atoms with Crippen molar-refractivity contribution >= 4 is 32.2 Å². The van der Waals surface area contributed by atoms with Crippen molar-refractivity contribution in [1.29, 1.82) is 0 Å². The molecule has 2 atom stereocenters. The van der Waals surface area contributed by atoms with E-state index in [1.165, 1.54) is 15.0 Å². The van der Waals surface area contributed by atoms with Crippen molar-refractivity contribution in [1.82, 2.24) is 0 Å². The van der Waals surface area contributed by atoms with Crippen LogP contribution in [0.2, 0.25) is 0 Å². The van der Waals surface area contributed by atoms with Crippen LogP contribution in [-0.4, -0.2) is 15.7 Å². The molecular formula is C14H18OS2. The predicted molar refractivity (Wildman–Crippen MR) is 78.3 cm³/mol. The molecule has 0 bridgehead atoms. The van der Waals surface area contributed by atoms with Gasteiger partial charge in [0.25, 0.3) is 0 Å². The van der Waals surface area contributed by atoms with E-state index in [1.54, 1.807) is 0 Å². The zero-order valence-electron chi connectivity index (χ0n) is 10.3. The maximum absolute atomic E-state index is 11.7. The van der Waals surface area contributed by atoms with Crippen molar-refractivity contribution in [3.8, 4) is 0 Å². The lowest BCUT2D eigenvalue weighted by Gasteiger charge is -2.11. The van der Waals surface area contributed by atoms with Crippen molar-refractivity contribution in [2.45, 2.75) is 31.4 Å². The largest absolute Gasteiger partial charge is 0.260 e.